The van der Waals surface area contributed by atoms with Crippen LogP contribution in [0.3, 0.4) is 0 Å². The zero-order valence-electron chi connectivity index (χ0n) is 10.9. The van der Waals surface area contributed by atoms with Crippen molar-refractivity contribution in [1.82, 2.24) is 20.4 Å². The number of thiocarbonyl (C=S) groups is 1. The second-order valence-corrected chi connectivity index (χ2v) is 5.02. The molecule has 0 radical (unpaired) electrons. The van der Waals surface area contributed by atoms with Crippen molar-refractivity contribution in [3.63, 3.8) is 0 Å². The molecule has 5 nitrogen and oxygen atoms in total. The highest BCUT2D eigenvalue weighted by Crippen LogP contribution is 2.10. The van der Waals surface area contributed by atoms with Gasteiger partial charge in [-0.05, 0) is 32.0 Å². The van der Waals surface area contributed by atoms with Crippen molar-refractivity contribution in [2.24, 2.45) is 7.05 Å². The molecular weight excluding hydrogens is 248 g/mol. The molecule has 18 heavy (non-hydrogen) atoms. The first-order chi connectivity index (χ1) is 8.65. The monoisotopic (exact) mass is 268 g/mol. The largest absolute Gasteiger partial charge is 0.376 e. The summed E-state index contributed by atoms with van der Waals surface area (Å²) in [6.45, 7) is 4.37. The molecular formula is C12H20N4OS. The van der Waals surface area contributed by atoms with Gasteiger partial charge in [0.1, 0.15) is 0 Å². The minimum absolute atomic E-state index is 0.310. The SMILES string of the molecule is Cc1nn(C)cc1CNC(=S)NC[C@H]1CCCO1. The van der Waals surface area contributed by atoms with Crippen molar-refractivity contribution in [3.05, 3.63) is 17.5 Å². The van der Waals surface area contributed by atoms with Gasteiger partial charge in [-0.3, -0.25) is 4.68 Å². The van der Waals surface area contributed by atoms with Gasteiger partial charge in [-0.15, -0.1) is 0 Å². The quantitative estimate of drug-likeness (QED) is 0.794. The molecule has 6 heteroatoms. The van der Waals surface area contributed by atoms with E-state index in [0.29, 0.717) is 17.8 Å². The number of nitrogens with zero attached hydrogens (tertiary/aromatic N) is 2. The molecule has 0 aromatic carbocycles. The third-order valence-corrected chi connectivity index (χ3v) is 3.36. The molecule has 1 aliphatic rings. The fourth-order valence-corrected chi connectivity index (χ4v) is 2.23. The molecule has 100 valence electrons. The van der Waals surface area contributed by atoms with Crippen molar-refractivity contribution < 1.29 is 4.74 Å². The standard InChI is InChI=1S/C12H20N4OS/c1-9-10(8-16(2)15-9)6-13-12(18)14-7-11-4-3-5-17-11/h8,11H,3-7H2,1-2H3,(H2,13,14,18)/t11-/m1/s1. The Hall–Kier alpha value is -1.14. The number of aryl methyl sites for hydroxylation is 2. The van der Waals surface area contributed by atoms with Crippen LogP contribution in [0.25, 0.3) is 0 Å². The molecule has 0 amide bonds. The van der Waals surface area contributed by atoms with Crippen molar-refractivity contribution in [3.8, 4) is 0 Å². The first kappa shape index (κ1) is 13.3. The summed E-state index contributed by atoms with van der Waals surface area (Å²) in [6, 6.07) is 0. The van der Waals surface area contributed by atoms with Crippen LogP contribution in [0.4, 0.5) is 0 Å². The molecule has 1 aromatic rings. The van der Waals surface area contributed by atoms with E-state index in [2.05, 4.69) is 15.7 Å². The highest BCUT2D eigenvalue weighted by atomic mass is 32.1. The molecule has 1 saturated heterocycles. The Morgan fingerprint density at radius 3 is 3.06 bits per heavy atom. The summed E-state index contributed by atoms with van der Waals surface area (Å²) < 4.78 is 7.34. The molecule has 1 aliphatic heterocycles. The molecule has 2 heterocycles. The van der Waals surface area contributed by atoms with Crippen LogP contribution in [-0.4, -0.2) is 34.1 Å². The number of hydrogen-bond donors (Lipinski definition) is 2. The highest BCUT2D eigenvalue weighted by Gasteiger charge is 2.15. The Kier molecular flexibility index (Phi) is 4.54. The molecule has 0 unspecified atom stereocenters. The maximum absolute atomic E-state index is 5.53. The summed E-state index contributed by atoms with van der Waals surface area (Å²) in [7, 11) is 1.92. The number of rotatable bonds is 4. The number of nitrogens with one attached hydrogen (secondary N) is 2. The number of aromatic nitrogens is 2. The lowest BCUT2D eigenvalue weighted by Gasteiger charge is -2.13. The summed E-state index contributed by atoms with van der Waals surface area (Å²) in [5.41, 5.74) is 2.20. The number of hydrogen-bond acceptors (Lipinski definition) is 3. The van der Waals surface area contributed by atoms with Crippen molar-refractivity contribution in [2.45, 2.75) is 32.4 Å². The molecule has 1 aromatic heterocycles. The summed E-state index contributed by atoms with van der Waals surface area (Å²) in [6.07, 6.45) is 4.59. The average Bonchev–Trinajstić information content (AvgIpc) is 2.94. The lowest BCUT2D eigenvalue weighted by Crippen LogP contribution is -2.39. The van der Waals surface area contributed by atoms with E-state index >= 15 is 0 Å². The van der Waals surface area contributed by atoms with Crippen LogP contribution in [0.5, 0.6) is 0 Å². The van der Waals surface area contributed by atoms with Gasteiger partial charge in [-0.1, -0.05) is 0 Å². The van der Waals surface area contributed by atoms with E-state index in [1.807, 2.05) is 24.9 Å². The Morgan fingerprint density at radius 1 is 1.61 bits per heavy atom. The molecule has 0 aliphatic carbocycles. The van der Waals surface area contributed by atoms with E-state index in [1.165, 1.54) is 5.56 Å². The molecule has 1 atom stereocenters. The van der Waals surface area contributed by atoms with Crippen molar-refractivity contribution in [1.29, 1.82) is 0 Å². The van der Waals surface area contributed by atoms with Crippen LogP contribution in [0, 0.1) is 6.92 Å². The Bertz CT molecular complexity index is 412. The minimum atomic E-state index is 0.310. The molecule has 0 saturated carbocycles. The predicted molar refractivity (Wildman–Crippen MR) is 74.4 cm³/mol. The van der Waals surface area contributed by atoms with Crippen molar-refractivity contribution >= 4 is 17.3 Å². The zero-order chi connectivity index (χ0) is 13.0. The van der Waals surface area contributed by atoms with Crippen LogP contribution in [-0.2, 0) is 18.3 Å². The summed E-state index contributed by atoms with van der Waals surface area (Å²) in [5, 5.41) is 11.3. The summed E-state index contributed by atoms with van der Waals surface area (Å²) in [5.74, 6) is 0. The van der Waals surface area contributed by atoms with Gasteiger partial charge in [0.05, 0.1) is 11.8 Å². The molecule has 0 bridgehead atoms. The third-order valence-electron chi connectivity index (χ3n) is 3.07. The maximum atomic E-state index is 5.53. The van der Waals surface area contributed by atoms with Crippen LogP contribution in [0.1, 0.15) is 24.1 Å². The topological polar surface area (TPSA) is 51.1 Å². The van der Waals surface area contributed by atoms with E-state index in [4.69, 9.17) is 17.0 Å². The van der Waals surface area contributed by atoms with Crippen LogP contribution >= 0.6 is 12.2 Å². The van der Waals surface area contributed by atoms with Crippen molar-refractivity contribution in [2.75, 3.05) is 13.2 Å². The Morgan fingerprint density at radius 2 is 2.44 bits per heavy atom. The van der Waals surface area contributed by atoms with E-state index in [0.717, 1.165) is 31.7 Å². The van der Waals surface area contributed by atoms with Crippen LogP contribution in [0.2, 0.25) is 0 Å². The molecule has 1 fully saturated rings. The average molecular weight is 268 g/mol. The van der Waals surface area contributed by atoms with Crippen LogP contribution in [0.15, 0.2) is 6.20 Å². The number of ether oxygens (including phenoxy) is 1. The first-order valence-electron chi connectivity index (χ1n) is 6.27. The summed E-state index contributed by atoms with van der Waals surface area (Å²) in [4.78, 5) is 0. The fraction of sp³-hybridized carbons (Fsp3) is 0.667. The maximum Gasteiger partial charge on any atom is 0.166 e. The van der Waals surface area contributed by atoms with Gasteiger partial charge in [-0.2, -0.15) is 5.10 Å². The third kappa shape index (κ3) is 3.68. The van der Waals surface area contributed by atoms with Gasteiger partial charge in [-0.25, -0.2) is 0 Å². The van der Waals surface area contributed by atoms with E-state index in [-0.39, 0.29) is 0 Å². The first-order valence-corrected chi connectivity index (χ1v) is 6.68. The lowest BCUT2D eigenvalue weighted by molar-refractivity contribution is 0.114. The lowest BCUT2D eigenvalue weighted by atomic mass is 10.2. The Balaban J connectivity index is 1.69. The predicted octanol–water partition coefficient (Wildman–Crippen LogP) is 0.872. The van der Waals surface area contributed by atoms with E-state index in [9.17, 15) is 0 Å². The summed E-state index contributed by atoms with van der Waals surface area (Å²) >= 11 is 5.23. The Labute approximate surface area is 113 Å². The molecule has 2 rings (SSSR count). The zero-order valence-corrected chi connectivity index (χ0v) is 11.7. The molecule has 0 spiro atoms. The minimum Gasteiger partial charge on any atom is -0.376 e. The van der Waals surface area contributed by atoms with Gasteiger partial charge < -0.3 is 15.4 Å². The van der Waals surface area contributed by atoms with Crippen LogP contribution < -0.4 is 10.6 Å². The van der Waals surface area contributed by atoms with Gasteiger partial charge in [0.2, 0.25) is 0 Å². The van der Waals surface area contributed by atoms with Gasteiger partial charge in [0, 0.05) is 38.5 Å². The second-order valence-electron chi connectivity index (χ2n) is 4.61. The second kappa shape index (κ2) is 6.15. The van der Waals surface area contributed by atoms with Gasteiger partial charge >= 0.3 is 0 Å². The van der Waals surface area contributed by atoms with E-state index < -0.39 is 0 Å². The van der Waals surface area contributed by atoms with Gasteiger partial charge in [0.25, 0.3) is 0 Å². The molecule has 2 N–H and O–H groups in total. The van der Waals surface area contributed by atoms with Gasteiger partial charge in [0.15, 0.2) is 5.11 Å². The normalized spacial score (nSPS) is 18.9. The fourth-order valence-electron chi connectivity index (χ4n) is 2.07. The highest BCUT2D eigenvalue weighted by molar-refractivity contribution is 7.80. The van der Waals surface area contributed by atoms with E-state index in [1.54, 1.807) is 0 Å². The smallest absolute Gasteiger partial charge is 0.166 e.